The smallest absolute Gasteiger partial charge is 0.259 e. The Kier molecular flexibility index (Phi) is 2.93. The van der Waals surface area contributed by atoms with Crippen LogP contribution in [0.2, 0.25) is 0 Å². The molecular weight excluding hydrogens is 164 g/mol. The van der Waals surface area contributed by atoms with E-state index in [-0.39, 0.29) is 0 Å². The molecule has 0 heterocycles. The minimum Gasteiger partial charge on any atom is -0.467 e. The molecule has 0 spiro atoms. The first-order valence-corrected chi connectivity index (χ1v) is 3.50. The Morgan fingerprint density at radius 3 is 2.55 bits per heavy atom. The lowest BCUT2D eigenvalue weighted by Crippen LogP contribution is -2.08. The maximum atomic E-state index is 9.93. The van der Waals surface area contributed by atoms with E-state index in [9.17, 15) is 4.79 Å². The zero-order valence-corrected chi connectivity index (χ0v) is 6.41. The number of carbonyl (C=O) groups excluding carboxylic acids is 1. The molecule has 0 aliphatic rings. The molecule has 1 aromatic carbocycles. The highest BCUT2D eigenvalue weighted by atomic mass is 35.5. The minimum absolute atomic E-state index is 0.566. The molecule has 0 amide bonds. The molecular formula is C8H6ClO2. The molecule has 0 saturated heterocycles. The second-order valence-corrected chi connectivity index (χ2v) is 2.26. The van der Waals surface area contributed by atoms with E-state index >= 15 is 0 Å². The molecule has 57 valence electrons. The maximum absolute atomic E-state index is 9.93. The van der Waals surface area contributed by atoms with Gasteiger partial charge in [0.2, 0.25) is 5.56 Å². The van der Waals surface area contributed by atoms with Gasteiger partial charge in [-0.25, -0.2) is 0 Å². The van der Waals surface area contributed by atoms with Gasteiger partial charge in [0, 0.05) is 0 Å². The minimum atomic E-state index is -1.02. The number of para-hydroxylation sites is 1. The van der Waals surface area contributed by atoms with Crippen molar-refractivity contribution in [2.45, 2.75) is 5.56 Å². The number of halogens is 1. The molecule has 0 N–H and O–H groups in total. The fourth-order valence-electron chi connectivity index (χ4n) is 0.643. The summed E-state index contributed by atoms with van der Waals surface area (Å²) in [5.41, 5.74) is -1.02. The summed E-state index contributed by atoms with van der Waals surface area (Å²) in [5.74, 6) is 0.566. The third kappa shape index (κ3) is 2.60. The van der Waals surface area contributed by atoms with Crippen molar-refractivity contribution < 1.29 is 9.53 Å². The Labute approximate surface area is 69.7 Å². The summed E-state index contributed by atoms with van der Waals surface area (Å²) in [4.78, 5) is 9.93. The Bertz CT molecular complexity index is 223. The zero-order chi connectivity index (χ0) is 8.10. The molecule has 1 radical (unpaired) electrons. The van der Waals surface area contributed by atoms with E-state index in [1.807, 2.05) is 6.07 Å². The van der Waals surface area contributed by atoms with Crippen LogP contribution in [0.4, 0.5) is 0 Å². The van der Waals surface area contributed by atoms with E-state index in [1.54, 1.807) is 24.3 Å². The molecule has 0 saturated carbocycles. The SMILES string of the molecule is O=[C]C(Cl)Oc1ccccc1. The average molecular weight is 170 g/mol. The van der Waals surface area contributed by atoms with Gasteiger partial charge in [-0.2, -0.15) is 0 Å². The van der Waals surface area contributed by atoms with Crippen LogP contribution < -0.4 is 4.74 Å². The first-order valence-electron chi connectivity index (χ1n) is 3.06. The molecule has 0 aromatic heterocycles. The third-order valence-corrected chi connectivity index (χ3v) is 1.25. The molecule has 11 heavy (non-hydrogen) atoms. The summed E-state index contributed by atoms with van der Waals surface area (Å²) in [6, 6.07) is 8.87. The number of benzene rings is 1. The van der Waals surface area contributed by atoms with Gasteiger partial charge >= 0.3 is 0 Å². The summed E-state index contributed by atoms with van der Waals surface area (Å²) >= 11 is 5.35. The number of hydrogen-bond acceptors (Lipinski definition) is 2. The molecule has 1 atom stereocenters. The molecule has 0 aliphatic heterocycles. The van der Waals surface area contributed by atoms with Crippen molar-refractivity contribution >= 4 is 17.9 Å². The standard InChI is InChI=1S/C8H6ClO2/c9-8(6-10)11-7-4-2-1-3-5-7/h1-5,8H. The highest BCUT2D eigenvalue weighted by Gasteiger charge is 2.02. The van der Waals surface area contributed by atoms with Gasteiger partial charge in [-0.1, -0.05) is 29.8 Å². The van der Waals surface area contributed by atoms with Gasteiger partial charge in [0.1, 0.15) is 5.75 Å². The summed E-state index contributed by atoms with van der Waals surface area (Å²) < 4.78 is 4.91. The second kappa shape index (κ2) is 3.98. The summed E-state index contributed by atoms with van der Waals surface area (Å²) in [7, 11) is 0. The largest absolute Gasteiger partial charge is 0.467 e. The van der Waals surface area contributed by atoms with E-state index in [4.69, 9.17) is 16.3 Å². The molecule has 2 nitrogen and oxygen atoms in total. The molecule has 0 bridgehead atoms. The van der Waals surface area contributed by atoms with Crippen LogP contribution in [0.1, 0.15) is 0 Å². The number of ether oxygens (including phenoxy) is 1. The van der Waals surface area contributed by atoms with Crippen LogP contribution >= 0.6 is 11.6 Å². The summed E-state index contributed by atoms with van der Waals surface area (Å²) in [6.45, 7) is 0. The predicted octanol–water partition coefficient (Wildman–Crippen LogP) is 1.74. The Morgan fingerprint density at radius 2 is 2.00 bits per heavy atom. The van der Waals surface area contributed by atoms with Crippen LogP contribution in [0.25, 0.3) is 0 Å². The quantitative estimate of drug-likeness (QED) is 0.645. The highest BCUT2D eigenvalue weighted by molar-refractivity contribution is 6.26. The van der Waals surface area contributed by atoms with Crippen molar-refractivity contribution in [2.75, 3.05) is 0 Å². The maximum Gasteiger partial charge on any atom is 0.259 e. The van der Waals surface area contributed by atoms with Crippen LogP contribution in [-0.2, 0) is 4.79 Å². The fraction of sp³-hybridized carbons (Fsp3) is 0.125. The number of hydrogen-bond donors (Lipinski definition) is 0. The molecule has 0 aliphatic carbocycles. The van der Waals surface area contributed by atoms with Crippen LogP contribution in [0, 0.1) is 0 Å². The number of alkyl halides is 1. The number of rotatable bonds is 3. The monoisotopic (exact) mass is 169 g/mol. The van der Waals surface area contributed by atoms with Gasteiger partial charge in [-0.15, -0.1) is 0 Å². The van der Waals surface area contributed by atoms with E-state index in [0.717, 1.165) is 0 Å². The van der Waals surface area contributed by atoms with Crippen LogP contribution in [0.3, 0.4) is 0 Å². The Morgan fingerprint density at radius 1 is 1.36 bits per heavy atom. The summed E-state index contributed by atoms with van der Waals surface area (Å²) in [6.07, 6.45) is 1.51. The van der Waals surface area contributed by atoms with Crippen molar-refractivity contribution in [1.29, 1.82) is 0 Å². The van der Waals surface area contributed by atoms with Crippen molar-refractivity contribution in [3.8, 4) is 5.75 Å². The average Bonchev–Trinajstić information content (AvgIpc) is 2.06. The lowest BCUT2D eigenvalue weighted by molar-refractivity contribution is 0.331. The van der Waals surface area contributed by atoms with Gasteiger partial charge < -0.3 is 4.74 Å². The summed E-state index contributed by atoms with van der Waals surface area (Å²) in [5, 5.41) is 0. The highest BCUT2D eigenvalue weighted by Crippen LogP contribution is 2.11. The molecule has 1 aromatic rings. The van der Waals surface area contributed by atoms with Crippen molar-refractivity contribution in [1.82, 2.24) is 0 Å². The Hall–Kier alpha value is -1.02. The van der Waals surface area contributed by atoms with E-state index in [2.05, 4.69) is 0 Å². The van der Waals surface area contributed by atoms with Crippen LogP contribution in [0.15, 0.2) is 30.3 Å². The van der Waals surface area contributed by atoms with Gasteiger partial charge in [0.25, 0.3) is 6.29 Å². The van der Waals surface area contributed by atoms with E-state index in [1.165, 1.54) is 6.29 Å². The first kappa shape index (κ1) is 8.08. The third-order valence-electron chi connectivity index (χ3n) is 1.08. The first-order chi connectivity index (χ1) is 5.33. The predicted molar refractivity (Wildman–Crippen MR) is 42.4 cm³/mol. The molecule has 3 heteroatoms. The molecule has 0 fully saturated rings. The lowest BCUT2D eigenvalue weighted by Gasteiger charge is -2.04. The van der Waals surface area contributed by atoms with Crippen molar-refractivity contribution in [3.05, 3.63) is 30.3 Å². The topological polar surface area (TPSA) is 26.3 Å². The van der Waals surface area contributed by atoms with Gasteiger partial charge in [0.15, 0.2) is 0 Å². The lowest BCUT2D eigenvalue weighted by atomic mass is 10.3. The van der Waals surface area contributed by atoms with Crippen LogP contribution in [-0.4, -0.2) is 11.8 Å². The van der Waals surface area contributed by atoms with E-state index < -0.39 is 5.56 Å². The van der Waals surface area contributed by atoms with Gasteiger partial charge in [0.05, 0.1) is 0 Å². The van der Waals surface area contributed by atoms with Crippen molar-refractivity contribution in [2.24, 2.45) is 0 Å². The molecule has 1 unspecified atom stereocenters. The molecule has 1 rings (SSSR count). The second-order valence-electron chi connectivity index (χ2n) is 1.86. The van der Waals surface area contributed by atoms with Gasteiger partial charge in [-0.05, 0) is 12.1 Å². The Balaban J connectivity index is 2.57. The van der Waals surface area contributed by atoms with Crippen LogP contribution in [0.5, 0.6) is 5.75 Å². The van der Waals surface area contributed by atoms with E-state index in [0.29, 0.717) is 5.75 Å². The van der Waals surface area contributed by atoms with Gasteiger partial charge in [-0.3, -0.25) is 4.79 Å². The fourth-order valence-corrected chi connectivity index (χ4v) is 0.745. The zero-order valence-electron chi connectivity index (χ0n) is 5.66. The van der Waals surface area contributed by atoms with Crippen molar-refractivity contribution in [3.63, 3.8) is 0 Å². The normalized spacial score (nSPS) is 12.1.